The van der Waals surface area contributed by atoms with Crippen LogP contribution >= 0.6 is 11.3 Å². The maximum absolute atomic E-state index is 12.3. The molecule has 2 heterocycles. The van der Waals surface area contributed by atoms with Crippen molar-refractivity contribution >= 4 is 22.9 Å². The third-order valence-corrected chi connectivity index (χ3v) is 4.20. The second-order valence-electron chi connectivity index (χ2n) is 4.88. The van der Waals surface area contributed by atoms with Crippen LogP contribution in [-0.2, 0) is 11.2 Å². The normalized spacial score (nSPS) is 17.1. The van der Waals surface area contributed by atoms with E-state index >= 15 is 0 Å². The summed E-state index contributed by atoms with van der Waals surface area (Å²) in [6, 6.07) is 8.05. The number of hydrogen-bond acceptors (Lipinski definition) is 4. The van der Waals surface area contributed by atoms with E-state index < -0.39 is 0 Å². The molecule has 3 rings (SSSR count). The minimum atomic E-state index is -0.0390. The number of para-hydroxylation sites is 1. The first-order chi connectivity index (χ1) is 9.84. The van der Waals surface area contributed by atoms with Crippen LogP contribution in [0.15, 0.2) is 35.2 Å². The minimum Gasteiger partial charge on any atom is -0.385 e. The molecule has 104 valence electrons. The number of anilines is 1. The Bertz CT molecular complexity index is 583. The third-order valence-electron chi connectivity index (χ3n) is 3.56. The number of carbonyl (C=O) groups is 1. The molecule has 1 unspecified atom stereocenters. The number of aromatic nitrogens is 1. The van der Waals surface area contributed by atoms with Crippen molar-refractivity contribution in [2.24, 2.45) is 0 Å². The number of hydrogen-bond donors (Lipinski definition) is 2. The molecule has 1 amide bonds. The Morgan fingerprint density at radius 1 is 1.45 bits per heavy atom. The van der Waals surface area contributed by atoms with Crippen LogP contribution in [0.3, 0.4) is 0 Å². The molecule has 0 fully saturated rings. The van der Waals surface area contributed by atoms with Gasteiger partial charge in [-0.25, -0.2) is 4.98 Å². The number of carbonyl (C=O) groups excluding carboxylic acids is 1. The van der Waals surface area contributed by atoms with Gasteiger partial charge in [0, 0.05) is 30.6 Å². The van der Waals surface area contributed by atoms with Crippen molar-refractivity contribution in [3.63, 3.8) is 0 Å². The lowest BCUT2D eigenvalue weighted by atomic mass is 9.90. The zero-order valence-electron chi connectivity index (χ0n) is 11.1. The fourth-order valence-corrected chi connectivity index (χ4v) is 3.13. The van der Waals surface area contributed by atoms with E-state index in [2.05, 4.69) is 15.6 Å². The van der Waals surface area contributed by atoms with Gasteiger partial charge in [-0.05, 0) is 18.1 Å². The molecular formula is C15H17N3OS. The first-order valence-electron chi connectivity index (χ1n) is 6.82. The highest BCUT2D eigenvalue weighted by molar-refractivity contribution is 7.07. The molecule has 1 aliphatic rings. The molecule has 1 atom stereocenters. The van der Waals surface area contributed by atoms with Crippen LogP contribution in [0, 0.1) is 0 Å². The maximum Gasteiger partial charge on any atom is 0.227 e. The lowest BCUT2D eigenvalue weighted by Gasteiger charge is -2.25. The van der Waals surface area contributed by atoms with Crippen LogP contribution in [0.4, 0.5) is 5.69 Å². The SMILES string of the molecule is O=C(NCCc1cscn1)C1CCNc2ccccc21. The molecular weight excluding hydrogens is 270 g/mol. The Morgan fingerprint density at radius 3 is 3.20 bits per heavy atom. The summed E-state index contributed by atoms with van der Waals surface area (Å²) >= 11 is 1.59. The maximum atomic E-state index is 12.3. The second-order valence-corrected chi connectivity index (χ2v) is 5.59. The number of amides is 1. The molecule has 5 heteroatoms. The molecule has 0 bridgehead atoms. The number of thiazole rings is 1. The summed E-state index contributed by atoms with van der Waals surface area (Å²) in [6.45, 7) is 1.50. The van der Waals surface area contributed by atoms with Gasteiger partial charge in [-0.1, -0.05) is 18.2 Å². The van der Waals surface area contributed by atoms with Gasteiger partial charge in [-0.2, -0.15) is 0 Å². The number of benzene rings is 1. The highest BCUT2D eigenvalue weighted by Crippen LogP contribution is 2.31. The summed E-state index contributed by atoms with van der Waals surface area (Å²) in [4.78, 5) is 16.6. The largest absolute Gasteiger partial charge is 0.385 e. The zero-order chi connectivity index (χ0) is 13.8. The van der Waals surface area contributed by atoms with Gasteiger partial charge in [0.2, 0.25) is 5.91 Å². The summed E-state index contributed by atoms with van der Waals surface area (Å²) in [6.07, 6.45) is 1.64. The molecule has 2 N–H and O–H groups in total. The fourth-order valence-electron chi connectivity index (χ4n) is 2.54. The van der Waals surface area contributed by atoms with E-state index in [0.717, 1.165) is 36.3 Å². The molecule has 0 saturated heterocycles. The fraction of sp³-hybridized carbons (Fsp3) is 0.333. The van der Waals surface area contributed by atoms with E-state index in [4.69, 9.17) is 0 Å². The molecule has 1 aromatic carbocycles. The number of nitrogens with one attached hydrogen (secondary N) is 2. The van der Waals surface area contributed by atoms with Crippen molar-refractivity contribution < 1.29 is 4.79 Å². The molecule has 0 spiro atoms. The smallest absolute Gasteiger partial charge is 0.227 e. The Kier molecular flexibility index (Phi) is 3.97. The summed E-state index contributed by atoms with van der Waals surface area (Å²) in [5.74, 6) is 0.0806. The first-order valence-corrected chi connectivity index (χ1v) is 7.76. The molecule has 0 saturated carbocycles. The summed E-state index contributed by atoms with van der Waals surface area (Å²) in [5, 5.41) is 8.39. The van der Waals surface area contributed by atoms with Crippen molar-refractivity contribution in [3.05, 3.63) is 46.4 Å². The topological polar surface area (TPSA) is 54.0 Å². The molecule has 4 nitrogen and oxygen atoms in total. The van der Waals surface area contributed by atoms with E-state index in [1.165, 1.54) is 0 Å². The quantitative estimate of drug-likeness (QED) is 0.908. The molecule has 20 heavy (non-hydrogen) atoms. The highest BCUT2D eigenvalue weighted by atomic mass is 32.1. The molecule has 2 aromatic rings. The van der Waals surface area contributed by atoms with Gasteiger partial charge in [0.25, 0.3) is 0 Å². The van der Waals surface area contributed by atoms with E-state index in [9.17, 15) is 4.79 Å². The average molecular weight is 287 g/mol. The van der Waals surface area contributed by atoms with Crippen molar-refractivity contribution in [3.8, 4) is 0 Å². The van der Waals surface area contributed by atoms with E-state index in [1.807, 2.05) is 35.2 Å². The Balaban J connectivity index is 1.60. The van der Waals surface area contributed by atoms with Gasteiger partial charge < -0.3 is 10.6 Å². The van der Waals surface area contributed by atoms with Gasteiger partial charge in [-0.15, -0.1) is 11.3 Å². The van der Waals surface area contributed by atoms with Crippen LogP contribution < -0.4 is 10.6 Å². The second kappa shape index (κ2) is 6.05. The van der Waals surface area contributed by atoms with Gasteiger partial charge in [0.05, 0.1) is 17.1 Å². The summed E-state index contributed by atoms with van der Waals surface area (Å²) in [7, 11) is 0. The Morgan fingerprint density at radius 2 is 2.35 bits per heavy atom. The molecule has 0 radical (unpaired) electrons. The van der Waals surface area contributed by atoms with Crippen LogP contribution in [0.25, 0.3) is 0 Å². The van der Waals surface area contributed by atoms with Gasteiger partial charge >= 0.3 is 0 Å². The highest BCUT2D eigenvalue weighted by Gasteiger charge is 2.25. The summed E-state index contributed by atoms with van der Waals surface area (Å²) in [5.41, 5.74) is 5.05. The van der Waals surface area contributed by atoms with Crippen LogP contribution in [-0.4, -0.2) is 24.0 Å². The van der Waals surface area contributed by atoms with Crippen molar-refractivity contribution in [1.82, 2.24) is 10.3 Å². The predicted octanol–water partition coefficient (Wildman–Crippen LogP) is 2.40. The lowest BCUT2D eigenvalue weighted by molar-refractivity contribution is -0.122. The van der Waals surface area contributed by atoms with Gasteiger partial charge in [0.1, 0.15) is 0 Å². The number of nitrogens with zero attached hydrogens (tertiary/aromatic N) is 1. The van der Waals surface area contributed by atoms with Crippen LogP contribution in [0.5, 0.6) is 0 Å². The van der Waals surface area contributed by atoms with Crippen LogP contribution in [0.1, 0.15) is 23.6 Å². The van der Waals surface area contributed by atoms with Crippen molar-refractivity contribution in [2.45, 2.75) is 18.8 Å². The molecule has 1 aromatic heterocycles. The minimum absolute atomic E-state index is 0.0390. The number of fused-ring (bicyclic) bond motifs is 1. The standard InChI is InChI=1S/C15H17N3OS/c19-15(17-7-5-11-9-20-10-18-11)13-6-8-16-14-4-2-1-3-12(13)14/h1-4,9-10,13,16H,5-8H2,(H,17,19). The predicted molar refractivity (Wildman–Crippen MR) is 81.1 cm³/mol. The van der Waals surface area contributed by atoms with E-state index in [-0.39, 0.29) is 11.8 Å². The average Bonchev–Trinajstić information content (AvgIpc) is 3.00. The number of rotatable bonds is 4. The Hall–Kier alpha value is -1.88. The monoisotopic (exact) mass is 287 g/mol. The molecule has 0 aliphatic carbocycles. The van der Waals surface area contributed by atoms with E-state index in [0.29, 0.717) is 6.54 Å². The third kappa shape index (κ3) is 2.82. The van der Waals surface area contributed by atoms with Crippen molar-refractivity contribution in [2.75, 3.05) is 18.4 Å². The van der Waals surface area contributed by atoms with Gasteiger partial charge in [0.15, 0.2) is 0 Å². The zero-order valence-corrected chi connectivity index (χ0v) is 12.0. The van der Waals surface area contributed by atoms with Crippen LogP contribution in [0.2, 0.25) is 0 Å². The van der Waals surface area contributed by atoms with Crippen molar-refractivity contribution in [1.29, 1.82) is 0 Å². The van der Waals surface area contributed by atoms with Gasteiger partial charge in [-0.3, -0.25) is 4.79 Å². The molecule has 1 aliphatic heterocycles. The van der Waals surface area contributed by atoms with E-state index in [1.54, 1.807) is 11.3 Å². The Labute approximate surface area is 122 Å². The first kappa shape index (κ1) is 13.1. The summed E-state index contributed by atoms with van der Waals surface area (Å²) < 4.78 is 0. The lowest BCUT2D eigenvalue weighted by Crippen LogP contribution is -2.34.